The highest BCUT2D eigenvalue weighted by atomic mass is 16.1. The van der Waals surface area contributed by atoms with Gasteiger partial charge in [0.1, 0.15) is 0 Å². The molecule has 1 saturated heterocycles. The Kier molecular flexibility index (Phi) is 6.22. The number of carbonyl (C=O) groups excluding carboxylic acids is 1. The van der Waals surface area contributed by atoms with Gasteiger partial charge < -0.3 is 5.32 Å². The van der Waals surface area contributed by atoms with Crippen LogP contribution in [0.15, 0.2) is 67.3 Å². The Morgan fingerprint density at radius 3 is 2.48 bits per heavy atom. The number of hydrogen-bond donors (Lipinski definition) is 1. The van der Waals surface area contributed by atoms with Crippen LogP contribution in [-0.4, -0.2) is 45.6 Å². The summed E-state index contributed by atoms with van der Waals surface area (Å²) in [6.07, 6.45) is 8.92. The number of pyridine rings is 1. The number of nitrogens with one attached hydrogen (secondary N) is 1. The van der Waals surface area contributed by atoms with E-state index in [9.17, 15) is 4.79 Å². The van der Waals surface area contributed by atoms with Crippen LogP contribution in [0.4, 0.5) is 0 Å². The smallest absolute Gasteiger partial charge is 0.252 e. The van der Waals surface area contributed by atoms with Crippen LogP contribution in [0.2, 0.25) is 0 Å². The minimum Gasteiger partial charge on any atom is -0.352 e. The molecule has 0 saturated carbocycles. The summed E-state index contributed by atoms with van der Waals surface area (Å²) < 4.78 is 0. The van der Waals surface area contributed by atoms with E-state index in [1.165, 1.54) is 23.5 Å². The zero-order valence-corrected chi connectivity index (χ0v) is 16.4. The van der Waals surface area contributed by atoms with Gasteiger partial charge in [0.15, 0.2) is 0 Å². The van der Waals surface area contributed by atoms with Crippen LogP contribution in [-0.2, 0) is 6.54 Å². The Labute approximate surface area is 171 Å². The van der Waals surface area contributed by atoms with Gasteiger partial charge in [-0.2, -0.15) is 10.2 Å². The summed E-state index contributed by atoms with van der Waals surface area (Å²) in [5, 5.41) is 10.5. The predicted molar refractivity (Wildman–Crippen MR) is 112 cm³/mol. The molecule has 0 spiro atoms. The minimum absolute atomic E-state index is 0.0731. The van der Waals surface area contributed by atoms with Crippen LogP contribution < -0.4 is 5.32 Å². The zero-order valence-electron chi connectivity index (χ0n) is 16.4. The van der Waals surface area contributed by atoms with Crippen molar-refractivity contribution in [3.8, 4) is 11.1 Å². The van der Waals surface area contributed by atoms with Crippen molar-refractivity contribution in [1.82, 2.24) is 25.4 Å². The van der Waals surface area contributed by atoms with E-state index < -0.39 is 0 Å². The first-order valence-corrected chi connectivity index (χ1v) is 10.0. The molecule has 1 aliphatic rings. The fraction of sp³-hybridized carbons (Fsp3) is 0.304. The first kappa shape index (κ1) is 19.2. The maximum absolute atomic E-state index is 12.1. The molecule has 6 nitrogen and oxygen atoms in total. The Hall–Kier alpha value is -3.12. The summed E-state index contributed by atoms with van der Waals surface area (Å²) >= 11 is 0. The number of carbonyl (C=O) groups is 1. The Morgan fingerprint density at radius 2 is 1.79 bits per heavy atom. The van der Waals surface area contributed by atoms with Crippen LogP contribution in [0.5, 0.6) is 0 Å². The fourth-order valence-corrected chi connectivity index (χ4v) is 3.71. The van der Waals surface area contributed by atoms with Crippen molar-refractivity contribution in [2.24, 2.45) is 5.92 Å². The fourth-order valence-electron chi connectivity index (χ4n) is 3.71. The molecule has 1 N–H and O–H groups in total. The van der Waals surface area contributed by atoms with Crippen LogP contribution in [0.1, 0.15) is 28.8 Å². The predicted octanol–water partition coefficient (Wildman–Crippen LogP) is 3.18. The number of likely N-dealkylation sites (tertiary alicyclic amines) is 1. The van der Waals surface area contributed by atoms with Gasteiger partial charge in [-0.3, -0.25) is 14.7 Å². The van der Waals surface area contributed by atoms with Crippen molar-refractivity contribution in [3.05, 3.63) is 78.4 Å². The molecular formula is C23H25N5O. The molecule has 1 aliphatic heterocycles. The number of benzene rings is 1. The SMILES string of the molecule is O=C(NCC1CCN(Cc2ccc(-c3cccnc3)cc2)CC1)c1ccnnc1. The third-order valence-electron chi connectivity index (χ3n) is 5.46. The molecule has 6 heteroatoms. The zero-order chi connectivity index (χ0) is 19.9. The lowest BCUT2D eigenvalue weighted by Crippen LogP contribution is -2.38. The molecule has 148 valence electrons. The van der Waals surface area contributed by atoms with Crippen LogP contribution >= 0.6 is 0 Å². The highest BCUT2D eigenvalue weighted by molar-refractivity contribution is 5.93. The largest absolute Gasteiger partial charge is 0.352 e. The van der Waals surface area contributed by atoms with Crippen molar-refractivity contribution in [3.63, 3.8) is 0 Å². The van der Waals surface area contributed by atoms with Crippen molar-refractivity contribution in [2.75, 3.05) is 19.6 Å². The molecule has 2 aromatic heterocycles. The molecule has 0 unspecified atom stereocenters. The van der Waals surface area contributed by atoms with Gasteiger partial charge in [0.2, 0.25) is 0 Å². The molecule has 0 bridgehead atoms. The molecule has 1 amide bonds. The van der Waals surface area contributed by atoms with Gasteiger partial charge in [0, 0.05) is 25.5 Å². The third kappa shape index (κ3) is 5.23. The Balaban J connectivity index is 1.22. The molecule has 1 aromatic carbocycles. The van der Waals surface area contributed by atoms with Crippen LogP contribution in [0, 0.1) is 5.92 Å². The number of piperidine rings is 1. The Morgan fingerprint density at radius 1 is 0.966 bits per heavy atom. The molecule has 0 atom stereocenters. The summed E-state index contributed by atoms with van der Waals surface area (Å²) in [4.78, 5) is 18.8. The van der Waals surface area contributed by atoms with E-state index in [-0.39, 0.29) is 5.91 Å². The molecule has 4 rings (SSSR count). The topological polar surface area (TPSA) is 71.0 Å². The van der Waals surface area contributed by atoms with E-state index in [0.717, 1.165) is 44.6 Å². The van der Waals surface area contributed by atoms with Gasteiger partial charge in [-0.1, -0.05) is 30.3 Å². The van der Waals surface area contributed by atoms with E-state index in [2.05, 4.69) is 55.7 Å². The maximum atomic E-state index is 12.1. The molecule has 3 heterocycles. The Bertz CT molecular complexity index is 907. The van der Waals surface area contributed by atoms with Crippen molar-refractivity contribution < 1.29 is 4.79 Å². The van der Waals surface area contributed by atoms with Gasteiger partial charge in [0.25, 0.3) is 5.91 Å². The molecule has 29 heavy (non-hydrogen) atoms. The van der Waals surface area contributed by atoms with E-state index in [4.69, 9.17) is 0 Å². The van der Waals surface area contributed by atoms with Gasteiger partial charge >= 0.3 is 0 Å². The highest BCUT2D eigenvalue weighted by Crippen LogP contribution is 2.21. The van der Waals surface area contributed by atoms with Crippen LogP contribution in [0.3, 0.4) is 0 Å². The lowest BCUT2D eigenvalue weighted by Gasteiger charge is -2.32. The van der Waals surface area contributed by atoms with Crippen molar-refractivity contribution >= 4 is 5.91 Å². The van der Waals surface area contributed by atoms with Gasteiger partial charge in [0.05, 0.1) is 18.0 Å². The van der Waals surface area contributed by atoms with Gasteiger partial charge in [-0.15, -0.1) is 0 Å². The summed E-state index contributed by atoms with van der Waals surface area (Å²) in [6, 6.07) is 14.5. The average molecular weight is 387 g/mol. The van der Waals surface area contributed by atoms with Gasteiger partial charge in [-0.05, 0) is 60.7 Å². The van der Waals surface area contributed by atoms with Crippen LogP contribution in [0.25, 0.3) is 11.1 Å². The number of rotatable bonds is 6. The van der Waals surface area contributed by atoms with E-state index >= 15 is 0 Å². The normalized spacial score (nSPS) is 15.2. The monoisotopic (exact) mass is 387 g/mol. The number of hydrogen-bond acceptors (Lipinski definition) is 5. The summed E-state index contributed by atoms with van der Waals surface area (Å²) in [7, 11) is 0. The van der Waals surface area contributed by atoms with Crippen molar-refractivity contribution in [2.45, 2.75) is 19.4 Å². The number of aromatic nitrogens is 3. The number of amides is 1. The average Bonchev–Trinajstić information content (AvgIpc) is 2.80. The lowest BCUT2D eigenvalue weighted by molar-refractivity contribution is 0.0934. The van der Waals surface area contributed by atoms with Gasteiger partial charge in [-0.25, -0.2) is 0 Å². The molecule has 3 aromatic rings. The second-order valence-electron chi connectivity index (χ2n) is 7.50. The highest BCUT2D eigenvalue weighted by Gasteiger charge is 2.20. The summed E-state index contributed by atoms with van der Waals surface area (Å²) in [6.45, 7) is 3.80. The molecule has 0 aliphatic carbocycles. The molecule has 0 radical (unpaired) electrons. The summed E-state index contributed by atoms with van der Waals surface area (Å²) in [5.41, 5.74) is 4.23. The molecular weight excluding hydrogens is 362 g/mol. The lowest BCUT2D eigenvalue weighted by atomic mass is 9.96. The standard InChI is InChI=1S/C23H25N5O/c29-23(22-7-11-26-27-16-22)25-14-18-8-12-28(13-9-18)17-19-3-5-20(6-4-19)21-2-1-10-24-15-21/h1-7,10-11,15-16,18H,8-9,12-14,17H2,(H,25,29). The first-order chi connectivity index (χ1) is 14.3. The molecule has 1 fully saturated rings. The van der Waals surface area contributed by atoms with E-state index in [0.29, 0.717) is 11.5 Å². The quantitative estimate of drug-likeness (QED) is 0.703. The maximum Gasteiger partial charge on any atom is 0.252 e. The van der Waals surface area contributed by atoms with E-state index in [1.807, 2.05) is 12.3 Å². The second kappa shape index (κ2) is 9.39. The third-order valence-corrected chi connectivity index (χ3v) is 5.46. The minimum atomic E-state index is -0.0731. The van der Waals surface area contributed by atoms with E-state index in [1.54, 1.807) is 12.3 Å². The van der Waals surface area contributed by atoms with Crippen molar-refractivity contribution in [1.29, 1.82) is 0 Å². The second-order valence-corrected chi connectivity index (χ2v) is 7.50. The number of nitrogens with zero attached hydrogens (tertiary/aromatic N) is 4. The summed E-state index contributed by atoms with van der Waals surface area (Å²) in [5.74, 6) is 0.453. The first-order valence-electron chi connectivity index (χ1n) is 10.0.